The van der Waals surface area contributed by atoms with Gasteiger partial charge in [-0.3, -0.25) is 9.36 Å². The predicted molar refractivity (Wildman–Crippen MR) is 180 cm³/mol. The van der Waals surface area contributed by atoms with Crippen molar-refractivity contribution in [3.63, 3.8) is 0 Å². The predicted octanol–water partition coefficient (Wildman–Crippen LogP) is 5.96. The van der Waals surface area contributed by atoms with E-state index in [9.17, 15) is 9.59 Å². The van der Waals surface area contributed by atoms with E-state index in [1.807, 2.05) is 39.0 Å². The lowest BCUT2D eigenvalue weighted by molar-refractivity contribution is -0.139. The van der Waals surface area contributed by atoms with Crippen LogP contribution in [0.3, 0.4) is 0 Å². The maximum atomic E-state index is 14.1. The number of aromatic nitrogens is 1. The monoisotopic (exact) mass is 866 g/mol. The summed E-state index contributed by atoms with van der Waals surface area (Å²) in [4.78, 5) is 32.5. The molecule has 8 nitrogen and oxygen atoms in total. The fraction of sp³-hybridized carbons (Fsp3) is 0.345. The van der Waals surface area contributed by atoms with Crippen LogP contribution in [0.1, 0.15) is 51.8 Å². The maximum Gasteiger partial charge on any atom is 0.338 e. The number of carbonyl (C=O) groups is 1. The summed E-state index contributed by atoms with van der Waals surface area (Å²) in [7, 11) is 1.55. The number of esters is 1. The molecule has 4 rings (SSSR count). The zero-order valence-corrected chi connectivity index (χ0v) is 30.1. The molecule has 0 radical (unpaired) electrons. The molecule has 218 valence electrons. The number of hydrogen-bond donors (Lipinski definition) is 0. The van der Waals surface area contributed by atoms with Crippen LogP contribution in [0.25, 0.3) is 6.08 Å². The molecular weight excluding hydrogens is 838 g/mol. The number of ether oxygens (including phenoxy) is 4. The number of benzene rings is 2. The molecule has 41 heavy (non-hydrogen) atoms. The quantitative estimate of drug-likeness (QED) is 0.195. The molecule has 0 bridgehead atoms. The van der Waals surface area contributed by atoms with Crippen molar-refractivity contribution in [2.75, 3.05) is 20.3 Å². The van der Waals surface area contributed by atoms with Gasteiger partial charge in [-0.15, -0.1) is 0 Å². The van der Waals surface area contributed by atoms with Crippen LogP contribution in [0.4, 0.5) is 0 Å². The molecule has 0 fully saturated rings. The van der Waals surface area contributed by atoms with Crippen molar-refractivity contribution in [1.29, 1.82) is 0 Å². The Balaban J connectivity index is 1.96. The van der Waals surface area contributed by atoms with E-state index in [4.69, 9.17) is 18.9 Å². The fourth-order valence-electron chi connectivity index (χ4n) is 4.44. The van der Waals surface area contributed by atoms with Crippen molar-refractivity contribution in [2.24, 2.45) is 4.99 Å². The highest BCUT2D eigenvalue weighted by Crippen LogP contribution is 2.41. The highest BCUT2D eigenvalue weighted by Gasteiger charge is 2.35. The standard InChI is InChI=1S/C29H29BrI2N2O6S/c1-7-38-22-13-18(30)17(12-21(22)37-6)25-24(28(36)39-8-2)15(5)33-29-34(25)27(35)23(41-29)11-16-9-19(31)26(20(32)10-16)40-14(3)4/h9-14,25H,7-8H2,1-6H3/b23-11+/t25-/m1/s1. The Morgan fingerprint density at radius 2 is 1.83 bits per heavy atom. The number of allylic oxidation sites excluding steroid dienone is 1. The van der Waals surface area contributed by atoms with Gasteiger partial charge < -0.3 is 18.9 Å². The summed E-state index contributed by atoms with van der Waals surface area (Å²) in [5.74, 6) is 1.32. The minimum absolute atomic E-state index is 0.0453. The van der Waals surface area contributed by atoms with Crippen molar-refractivity contribution in [3.8, 4) is 17.2 Å². The molecular formula is C29H29BrI2N2O6S. The van der Waals surface area contributed by atoms with E-state index in [1.165, 1.54) is 11.3 Å². The number of fused-ring (bicyclic) bond motifs is 1. The number of hydrogen-bond acceptors (Lipinski definition) is 8. The van der Waals surface area contributed by atoms with Crippen LogP contribution >= 0.6 is 72.4 Å². The molecule has 0 spiro atoms. The summed E-state index contributed by atoms with van der Waals surface area (Å²) in [6.45, 7) is 10.0. The summed E-state index contributed by atoms with van der Waals surface area (Å²) in [6, 6.07) is 6.75. The minimum Gasteiger partial charge on any atom is -0.493 e. The number of nitrogens with zero attached hydrogens (tertiary/aromatic N) is 2. The van der Waals surface area contributed by atoms with Crippen LogP contribution in [0.5, 0.6) is 17.2 Å². The molecule has 0 N–H and O–H groups in total. The first kappa shape index (κ1) is 32.0. The van der Waals surface area contributed by atoms with Crippen molar-refractivity contribution < 1.29 is 23.7 Å². The highest BCUT2D eigenvalue weighted by molar-refractivity contribution is 14.1. The summed E-state index contributed by atoms with van der Waals surface area (Å²) in [6.07, 6.45) is 1.89. The lowest BCUT2D eigenvalue weighted by Gasteiger charge is -2.26. The number of methoxy groups -OCH3 is 1. The van der Waals surface area contributed by atoms with Gasteiger partial charge >= 0.3 is 5.97 Å². The summed E-state index contributed by atoms with van der Waals surface area (Å²) < 4.78 is 27.3. The van der Waals surface area contributed by atoms with Crippen LogP contribution in [0.2, 0.25) is 0 Å². The topological polar surface area (TPSA) is 88.4 Å². The van der Waals surface area contributed by atoms with Gasteiger partial charge in [-0.05, 0) is 121 Å². The largest absolute Gasteiger partial charge is 0.493 e. The number of thiazole rings is 1. The Bertz CT molecular complexity index is 1690. The molecule has 12 heteroatoms. The smallest absolute Gasteiger partial charge is 0.338 e. The second kappa shape index (κ2) is 13.6. The van der Waals surface area contributed by atoms with Crippen LogP contribution in [-0.4, -0.2) is 37.0 Å². The zero-order chi connectivity index (χ0) is 30.0. The normalized spacial score (nSPS) is 15.1. The molecule has 0 amide bonds. The Morgan fingerprint density at radius 3 is 2.41 bits per heavy atom. The van der Waals surface area contributed by atoms with E-state index in [0.717, 1.165) is 18.5 Å². The van der Waals surface area contributed by atoms with Crippen LogP contribution in [0, 0.1) is 7.14 Å². The van der Waals surface area contributed by atoms with Gasteiger partial charge in [0.25, 0.3) is 5.56 Å². The van der Waals surface area contributed by atoms with E-state index < -0.39 is 12.0 Å². The van der Waals surface area contributed by atoms with Gasteiger partial charge in [0.1, 0.15) is 5.75 Å². The number of carbonyl (C=O) groups excluding carboxylic acids is 1. The number of rotatable bonds is 9. The zero-order valence-electron chi connectivity index (χ0n) is 23.3. The van der Waals surface area contributed by atoms with Gasteiger partial charge in [0.2, 0.25) is 0 Å². The lowest BCUT2D eigenvalue weighted by Crippen LogP contribution is -2.40. The Hall–Kier alpha value is -1.91. The van der Waals surface area contributed by atoms with Crippen LogP contribution < -0.4 is 29.1 Å². The maximum absolute atomic E-state index is 14.1. The molecule has 1 aliphatic heterocycles. The Labute approximate surface area is 277 Å². The minimum atomic E-state index is -0.798. The summed E-state index contributed by atoms with van der Waals surface area (Å²) in [5, 5.41) is 0. The molecule has 0 unspecified atom stereocenters. The Kier molecular flexibility index (Phi) is 10.6. The third-order valence-corrected chi connectivity index (χ3v) is 9.34. The molecule has 0 saturated heterocycles. The first-order valence-electron chi connectivity index (χ1n) is 12.9. The molecule has 3 aromatic rings. The van der Waals surface area contributed by atoms with Gasteiger partial charge in [0.15, 0.2) is 16.3 Å². The average Bonchev–Trinajstić information content (AvgIpc) is 3.20. The molecule has 1 atom stereocenters. The van der Waals surface area contributed by atoms with E-state index >= 15 is 0 Å². The first-order chi connectivity index (χ1) is 19.5. The summed E-state index contributed by atoms with van der Waals surface area (Å²) >= 11 is 9.43. The van der Waals surface area contributed by atoms with Crippen molar-refractivity contribution in [1.82, 2.24) is 4.57 Å². The average molecular weight is 867 g/mol. The third kappa shape index (κ3) is 6.69. The van der Waals surface area contributed by atoms with Gasteiger partial charge in [-0.1, -0.05) is 27.3 Å². The fourth-order valence-corrected chi connectivity index (χ4v) is 8.09. The summed E-state index contributed by atoms with van der Waals surface area (Å²) in [5.41, 5.74) is 2.02. The molecule has 0 aliphatic carbocycles. The SMILES string of the molecule is CCOC(=O)C1=C(C)N=c2s/c(=C/c3cc(I)c(OC(C)C)c(I)c3)c(=O)n2[C@@H]1c1cc(OC)c(OCC)cc1Br. The van der Waals surface area contributed by atoms with Gasteiger partial charge in [-0.2, -0.15) is 0 Å². The van der Waals surface area contributed by atoms with Crippen LogP contribution in [0.15, 0.2) is 49.8 Å². The van der Waals surface area contributed by atoms with Crippen molar-refractivity contribution in [2.45, 2.75) is 46.8 Å². The molecule has 1 aliphatic rings. The highest BCUT2D eigenvalue weighted by atomic mass is 127. The molecule has 1 aromatic heterocycles. The van der Waals surface area contributed by atoms with Crippen LogP contribution in [-0.2, 0) is 9.53 Å². The Morgan fingerprint density at radius 1 is 1.15 bits per heavy atom. The lowest BCUT2D eigenvalue weighted by atomic mass is 9.95. The van der Waals surface area contributed by atoms with E-state index in [1.54, 1.807) is 37.7 Å². The molecule has 0 saturated carbocycles. The van der Waals surface area contributed by atoms with E-state index in [-0.39, 0.29) is 23.8 Å². The van der Waals surface area contributed by atoms with Gasteiger partial charge in [0, 0.05) is 4.47 Å². The molecule has 2 aromatic carbocycles. The van der Waals surface area contributed by atoms with E-state index in [0.29, 0.717) is 43.2 Å². The second-order valence-corrected chi connectivity index (χ2v) is 13.4. The third-order valence-electron chi connectivity index (χ3n) is 6.07. The number of halogens is 3. The van der Waals surface area contributed by atoms with E-state index in [2.05, 4.69) is 66.1 Å². The second-order valence-electron chi connectivity index (χ2n) is 9.24. The van der Waals surface area contributed by atoms with Gasteiger partial charge in [-0.25, -0.2) is 9.79 Å². The van der Waals surface area contributed by atoms with Crippen molar-refractivity contribution in [3.05, 3.63) is 78.0 Å². The molecule has 2 heterocycles. The van der Waals surface area contributed by atoms with Gasteiger partial charge in [0.05, 0.1) is 55.4 Å². The van der Waals surface area contributed by atoms with Crippen molar-refractivity contribution >= 4 is 84.5 Å². The first-order valence-corrected chi connectivity index (χ1v) is 16.6.